The smallest absolute Gasteiger partial charge is 0.225 e. The van der Waals surface area contributed by atoms with Crippen LogP contribution < -0.4 is 5.32 Å². The number of nitrogens with one attached hydrogen (secondary N) is 1. The fourth-order valence-electron chi connectivity index (χ4n) is 2.66. The summed E-state index contributed by atoms with van der Waals surface area (Å²) in [6.45, 7) is 2.01. The molecule has 1 heterocycles. The summed E-state index contributed by atoms with van der Waals surface area (Å²) >= 11 is 6.06. The molecule has 1 aliphatic rings. The Morgan fingerprint density at radius 3 is 2.79 bits per heavy atom. The minimum atomic E-state index is 0.0618. The van der Waals surface area contributed by atoms with Crippen molar-refractivity contribution in [3.05, 3.63) is 64.2 Å². The van der Waals surface area contributed by atoms with Crippen molar-refractivity contribution in [1.29, 1.82) is 0 Å². The first kappa shape index (κ1) is 12.2. The van der Waals surface area contributed by atoms with E-state index in [0.717, 1.165) is 16.8 Å². The van der Waals surface area contributed by atoms with Crippen LogP contribution in [0.25, 0.3) is 0 Å². The predicted octanol–water partition coefficient (Wildman–Crippen LogP) is 4.12. The van der Waals surface area contributed by atoms with E-state index >= 15 is 0 Å². The molecular weight excluding hydrogens is 258 g/mol. The Bertz CT molecular complexity index is 651. The number of carbonyl (C=O) groups excluding carboxylic acids is 1. The molecule has 96 valence electrons. The number of rotatable bonds is 1. The highest BCUT2D eigenvalue weighted by atomic mass is 35.5. The normalized spacial score (nSPS) is 17.8. The molecule has 0 aromatic heterocycles. The first-order valence-corrected chi connectivity index (χ1v) is 6.68. The molecule has 1 aliphatic heterocycles. The van der Waals surface area contributed by atoms with Gasteiger partial charge in [-0.2, -0.15) is 0 Å². The Kier molecular flexibility index (Phi) is 3.03. The van der Waals surface area contributed by atoms with Crippen molar-refractivity contribution in [2.45, 2.75) is 19.3 Å². The van der Waals surface area contributed by atoms with E-state index in [4.69, 9.17) is 11.6 Å². The first-order valence-electron chi connectivity index (χ1n) is 6.30. The second-order valence-corrected chi connectivity index (χ2v) is 5.34. The number of carbonyl (C=O) groups is 1. The van der Waals surface area contributed by atoms with Crippen molar-refractivity contribution < 1.29 is 4.79 Å². The Balaban J connectivity index is 2.14. The van der Waals surface area contributed by atoms with Gasteiger partial charge in [-0.15, -0.1) is 0 Å². The topological polar surface area (TPSA) is 29.1 Å². The number of halogens is 1. The van der Waals surface area contributed by atoms with E-state index < -0.39 is 0 Å². The van der Waals surface area contributed by atoms with Crippen molar-refractivity contribution in [1.82, 2.24) is 0 Å². The van der Waals surface area contributed by atoms with E-state index in [9.17, 15) is 4.79 Å². The molecule has 0 fully saturated rings. The molecule has 1 N–H and O–H groups in total. The first-order chi connectivity index (χ1) is 9.15. The second kappa shape index (κ2) is 4.71. The van der Waals surface area contributed by atoms with Crippen molar-refractivity contribution in [3.63, 3.8) is 0 Å². The summed E-state index contributed by atoms with van der Waals surface area (Å²) in [5, 5.41) is 3.68. The minimum absolute atomic E-state index is 0.0618. The van der Waals surface area contributed by atoms with E-state index in [-0.39, 0.29) is 11.8 Å². The van der Waals surface area contributed by atoms with Crippen molar-refractivity contribution in [2.75, 3.05) is 5.32 Å². The summed E-state index contributed by atoms with van der Waals surface area (Å²) in [6.07, 6.45) is 0.469. The third kappa shape index (κ3) is 2.24. The maximum absolute atomic E-state index is 11.9. The summed E-state index contributed by atoms with van der Waals surface area (Å²) in [5.41, 5.74) is 4.30. The third-order valence-electron chi connectivity index (χ3n) is 3.59. The van der Waals surface area contributed by atoms with Gasteiger partial charge in [-0.3, -0.25) is 4.79 Å². The lowest BCUT2D eigenvalue weighted by molar-refractivity contribution is -0.116. The van der Waals surface area contributed by atoms with Gasteiger partial charge in [0.2, 0.25) is 5.91 Å². The van der Waals surface area contributed by atoms with Gasteiger partial charge in [0.15, 0.2) is 0 Å². The number of para-hydroxylation sites is 1. The Morgan fingerprint density at radius 1 is 1.21 bits per heavy atom. The lowest BCUT2D eigenvalue weighted by Gasteiger charge is -2.27. The number of anilines is 1. The lowest BCUT2D eigenvalue weighted by Crippen LogP contribution is -2.24. The second-order valence-electron chi connectivity index (χ2n) is 4.90. The molecule has 0 spiro atoms. The zero-order valence-electron chi connectivity index (χ0n) is 10.6. The number of amides is 1. The van der Waals surface area contributed by atoms with Gasteiger partial charge >= 0.3 is 0 Å². The fourth-order valence-corrected chi connectivity index (χ4v) is 2.86. The number of aryl methyl sites for hydroxylation is 1. The predicted molar refractivity (Wildman–Crippen MR) is 77.7 cm³/mol. The monoisotopic (exact) mass is 271 g/mol. The van der Waals surface area contributed by atoms with Gasteiger partial charge in [0.25, 0.3) is 0 Å². The highest BCUT2D eigenvalue weighted by molar-refractivity contribution is 6.30. The molecule has 1 amide bonds. The zero-order chi connectivity index (χ0) is 13.4. The van der Waals surface area contributed by atoms with Crippen LogP contribution in [0.3, 0.4) is 0 Å². The summed E-state index contributed by atoms with van der Waals surface area (Å²) < 4.78 is 0. The van der Waals surface area contributed by atoms with Gasteiger partial charge in [-0.25, -0.2) is 0 Å². The Morgan fingerprint density at radius 2 is 2.00 bits per heavy atom. The zero-order valence-corrected chi connectivity index (χ0v) is 11.4. The number of benzene rings is 2. The Hall–Kier alpha value is -1.80. The van der Waals surface area contributed by atoms with Crippen molar-refractivity contribution >= 4 is 23.2 Å². The van der Waals surface area contributed by atoms with E-state index in [1.807, 2.05) is 43.3 Å². The van der Waals surface area contributed by atoms with Crippen LogP contribution in [0.1, 0.15) is 29.0 Å². The lowest BCUT2D eigenvalue weighted by atomic mass is 9.84. The molecule has 0 saturated carbocycles. The molecule has 0 radical (unpaired) electrons. The highest BCUT2D eigenvalue weighted by Crippen LogP contribution is 2.38. The van der Waals surface area contributed by atoms with Crippen LogP contribution in [0.15, 0.2) is 42.5 Å². The van der Waals surface area contributed by atoms with Gasteiger partial charge in [0.1, 0.15) is 0 Å². The van der Waals surface area contributed by atoms with Gasteiger partial charge < -0.3 is 5.32 Å². The van der Waals surface area contributed by atoms with Crippen LogP contribution >= 0.6 is 11.6 Å². The van der Waals surface area contributed by atoms with Crippen molar-refractivity contribution in [3.8, 4) is 0 Å². The highest BCUT2D eigenvalue weighted by Gasteiger charge is 2.27. The number of hydrogen-bond donors (Lipinski definition) is 1. The third-order valence-corrected chi connectivity index (χ3v) is 3.82. The van der Waals surface area contributed by atoms with Crippen LogP contribution in [0.5, 0.6) is 0 Å². The van der Waals surface area contributed by atoms with E-state index in [2.05, 4.69) is 11.4 Å². The molecule has 3 rings (SSSR count). The summed E-state index contributed by atoms with van der Waals surface area (Å²) in [7, 11) is 0. The number of hydrogen-bond acceptors (Lipinski definition) is 1. The van der Waals surface area contributed by atoms with Gasteiger partial charge in [0, 0.05) is 23.0 Å². The quantitative estimate of drug-likeness (QED) is 0.830. The average molecular weight is 272 g/mol. The van der Waals surface area contributed by atoms with Crippen LogP contribution in [-0.2, 0) is 4.79 Å². The van der Waals surface area contributed by atoms with Crippen LogP contribution in [-0.4, -0.2) is 5.91 Å². The molecule has 19 heavy (non-hydrogen) atoms. The van der Waals surface area contributed by atoms with E-state index in [0.29, 0.717) is 11.4 Å². The van der Waals surface area contributed by atoms with Crippen LogP contribution in [0, 0.1) is 6.92 Å². The molecular formula is C16H14ClNO. The summed E-state index contributed by atoms with van der Waals surface area (Å²) in [5.74, 6) is 0.147. The maximum Gasteiger partial charge on any atom is 0.225 e. The maximum atomic E-state index is 11.9. The minimum Gasteiger partial charge on any atom is -0.326 e. The van der Waals surface area contributed by atoms with Crippen molar-refractivity contribution in [2.24, 2.45) is 0 Å². The largest absolute Gasteiger partial charge is 0.326 e. The van der Waals surface area contributed by atoms with E-state index in [1.54, 1.807) is 0 Å². The molecule has 0 aliphatic carbocycles. The van der Waals surface area contributed by atoms with Gasteiger partial charge in [0.05, 0.1) is 0 Å². The summed E-state index contributed by atoms with van der Waals surface area (Å²) in [6, 6.07) is 13.9. The molecule has 2 aromatic rings. The summed E-state index contributed by atoms with van der Waals surface area (Å²) in [4.78, 5) is 11.9. The standard InChI is InChI=1S/C16H14ClNO/c1-10-4-2-7-13-14(9-15(19)18-16(10)13)11-5-3-6-12(17)8-11/h2-8,14H,9H2,1H3,(H,18,19). The fraction of sp³-hybridized carbons (Fsp3) is 0.188. The molecule has 1 atom stereocenters. The molecule has 3 heteroatoms. The molecule has 1 unspecified atom stereocenters. The number of fused-ring (bicyclic) bond motifs is 1. The molecule has 0 saturated heterocycles. The van der Waals surface area contributed by atoms with Crippen LogP contribution in [0.4, 0.5) is 5.69 Å². The average Bonchev–Trinajstić information content (AvgIpc) is 2.39. The molecule has 0 bridgehead atoms. The van der Waals surface area contributed by atoms with Gasteiger partial charge in [-0.1, -0.05) is 41.9 Å². The van der Waals surface area contributed by atoms with Crippen LogP contribution in [0.2, 0.25) is 5.02 Å². The Labute approximate surface area is 117 Å². The SMILES string of the molecule is Cc1cccc2c1NC(=O)CC2c1cccc(Cl)c1. The molecule has 2 nitrogen and oxygen atoms in total. The van der Waals surface area contributed by atoms with E-state index in [1.165, 1.54) is 5.56 Å². The molecule has 2 aromatic carbocycles. The van der Waals surface area contributed by atoms with Gasteiger partial charge in [-0.05, 0) is 35.7 Å².